The van der Waals surface area contributed by atoms with Gasteiger partial charge in [-0.3, -0.25) is 9.97 Å². The number of nitrogens with zero attached hydrogens (tertiary/aromatic N) is 2. The summed E-state index contributed by atoms with van der Waals surface area (Å²) >= 11 is 0. The van der Waals surface area contributed by atoms with E-state index in [0.29, 0.717) is 13.2 Å². The molecule has 1 unspecified atom stereocenters. The van der Waals surface area contributed by atoms with Gasteiger partial charge < -0.3 is 10.5 Å². The van der Waals surface area contributed by atoms with Crippen LogP contribution in [0.2, 0.25) is 0 Å². The first-order chi connectivity index (χ1) is 6.87. The van der Waals surface area contributed by atoms with E-state index in [4.69, 9.17) is 10.5 Å². The molecule has 1 aliphatic rings. The van der Waals surface area contributed by atoms with Gasteiger partial charge in [0.25, 0.3) is 0 Å². The van der Waals surface area contributed by atoms with E-state index in [-0.39, 0.29) is 5.41 Å². The van der Waals surface area contributed by atoms with Crippen LogP contribution in [0, 0.1) is 0 Å². The Morgan fingerprint density at radius 3 is 3.00 bits per heavy atom. The van der Waals surface area contributed by atoms with Crippen LogP contribution >= 0.6 is 0 Å². The van der Waals surface area contributed by atoms with Crippen molar-refractivity contribution in [3.05, 3.63) is 24.3 Å². The molecule has 0 aliphatic carbocycles. The minimum absolute atomic E-state index is 0.105. The molecule has 1 aliphatic heterocycles. The first-order valence-electron chi connectivity index (χ1n) is 4.92. The minimum Gasteiger partial charge on any atom is -0.380 e. The van der Waals surface area contributed by atoms with Gasteiger partial charge in [0, 0.05) is 37.2 Å². The molecule has 0 bridgehead atoms. The van der Waals surface area contributed by atoms with Crippen molar-refractivity contribution in [2.45, 2.75) is 18.3 Å². The van der Waals surface area contributed by atoms with Crippen molar-refractivity contribution in [2.24, 2.45) is 5.73 Å². The topological polar surface area (TPSA) is 61.0 Å². The van der Waals surface area contributed by atoms with Crippen LogP contribution in [0.4, 0.5) is 0 Å². The highest BCUT2D eigenvalue weighted by Gasteiger charge is 2.34. The SMILES string of the molecule is NCC1(c2cnccn2)CCCOC1. The highest BCUT2D eigenvalue weighted by molar-refractivity contribution is 5.15. The number of rotatable bonds is 2. The molecule has 1 fully saturated rings. The monoisotopic (exact) mass is 193 g/mol. The van der Waals surface area contributed by atoms with Gasteiger partial charge in [0.2, 0.25) is 0 Å². The van der Waals surface area contributed by atoms with Gasteiger partial charge in [0.15, 0.2) is 0 Å². The lowest BCUT2D eigenvalue weighted by atomic mass is 9.80. The van der Waals surface area contributed by atoms with Crippen LogP contribution in [-0.4, -0.2) is 29.7 Å². The molecular formula is C10H15N3O. The summed E-state index contributed by atoms with van der Waals surface area (Å²) in [5.74, 6) is 0. The first-order valence-corrected chi connectivity index (χ1v) is 4.92. The van der Waals surface area contributed by atoms with E-state index in [1.807, 2.05) is 0 Å². The van der Waals surface area contributed by atoms with Crippen LogP contribution in [0.1, 0.15) is 18.5 Å². The summed E-state index contributed by atoms with van der Waals surface area (Å²) in [4.78, 5) is 8.40. The third-order valence-electron chi connectivity index (χ3n) is 2.82. The molecule has 4 heteroatoms. The van der Waals surface area contributed by atoms with Crippen LogP contribution < -0.4 is 5.73 Å². The summed E-state index contributed by atoms with van der Waals surface area (Å²) in [6.45, 7) is 2.08. The Morgan fingerprint density at radius 2 is 2.43 bits per heavy atom. The molecule has 1 saturated heterocycles. The maximum atomic E-state index is 5.82. The van der Waals surface area contributed by atoms with Crippen LogP contribution in [0.25, 0.3) is 0 Å². The average molecular weight is 193 g/mol. The van der Waals surface area contributed by atoms with E-state index in [1.165, 1.54) is 0 Å². The average Bonchev–Trinajstić information content (AvgIpc) is 2.31. The Hall–Kier alpha value is -1.00. The van der Waals surface area contributed by atoms with E-state index < -0.39 is 0 Å². The van der Waals surface area contributed by atoms with Gasteiger partial charge >= 0.3 is 0 Å². The summed E-state index contributed by atoms with van der Waals surface area (Å²) < 4.78 is 5.48. The van der Waals surface area contributed by atoms with Gasteiger partial charge in [-0.15, -0.1) is 0 Å². The van der Waals surface area contributed by atoms with Crippen molar-refractivity contribution < 1.29 is 4.74 Å². The predicted molar refractivity (Wildman–Crippen MR) is 52.8 cm³/mol. The quantitative estimate of drug-likeness (QED) is 0.742. The third-order valence-corrected chi connectivity index (χ3v) is 2.82. The number of hydrogen-bond acceptors (Lipinski definition) is 4. The zero-order chi connectivity index (χ0) is 9.86. The van der Waals surface area contributed by atoms with Gasteiger partial charge in [0.05, 0.1) is 12.3 Å². The van der Waals surface area contributed by atoms with E-state index >= 15 is 0 Å². The normalized spacial score (nSPS) is 27.5. The molecule has 2 heterocycles. The summed E-state index contributed by atoms with van der Waals surface area (Å²) in [5, 5.41) is 0. The summed E-state index contributed by atoms with van der Waals surface area (Å²) in [7, 11) is 0. The summed E-state index contributed by atoms with van der Waals surface area (Å²) in [5.41, 5.74) is 6.68. The third kappa shape index (κ3) is 1.63. The van der Waals surface area contributed by atoms with Gasteiger partial charge in [0.1, 0.15) is 0 Å². The van der Waals surface area contributed by atoms with Crippen LogP contribution in [0.5, 0.6) is 0 Å². The van der Waals surface area contributed by atoms with Gasteiger partial charge in [-0.1, -0.05) is 0 Å². The molecular weight excluding hydrogens is 178 g/mol. The van der Waals surface area contributed by atoms with Crippen molar-refractivity contribution >= 4 is 0 Å². The lowest BCUT2D eigenvalue weighted by Crippen LogP contribution is -2.43. The smallest absolute Gasteiger partial charge is 0.0684 e. The van der Waals surface area contributed by atoms with E-state index in [2.05, 4.69) is 9.97 Å². The fourth-order valence-electron chi connectivity index (χ4n) is 1.89. The molecule has 0 amide bonds. The maximum Gasteiger partial charge on any atom is 0.0684 e. The number of ether oxygens (including phenoxy) is 1. The molecule has 76 valence electrons. The lowest BCUT2D eigenvalue weighted by molar-refractivity contribution is 0.0358. The Morgan fingerprint density at radius 1 is 1.50 bits per heavy atom. The van der Waals surface area contributed by atoms with Crippen molar-refractivity contribution in [2.75, 3.05) is 19.8 Å². The van der Waals surface area contributed by atoms with Crippen LogP contribution in [-0.2, 0) is 10.2 Å². The maximum absolute atomic E-state index is 5.82. The fourth-order valence-corrected chi connectivity index (χ4v) is 1.89. The van der Waals surface area contributed by atoms with E-state index in [0.717, 1.165) is 25.1 Å². The number of aromatic nitrogens is 2. The van der Waals surface area contributed by atoms with E-state index in [9.17, 15) is 0 Å². The molecule has 1 atom stereocenters. The molecule has 1 aromatic heterocycles. The van der Waals surface area contributed by atoms with Crippen molar-refractivity contribution in [3.8, 4) is 0 Å². The number of hydrogen-bond donors (Lipinski definition) is 1. The molecule has 0 saturated carbocycles. The molecule has 1 aromatic rings. The molecule has 4 nitrogen and oxygen atoms in total. The highest BCUT2D eigenvalue weighted by atomic mass is 16.5. The first kappa shape index (κ1) is 9.55. The van der Waals surface area contributed by atoms with Crippen molar-refractivity contribution in [1.29, 1.82) is 0 Å². The Bertz CT molecular complexity index is 283. The minimum atomic E-state index is -0.105. The van der Waals surface area contributed by atoms with Gasteiger partial charge in [-0.25, -0.2) is 0 Å². The Balaban J connectivity index is 2.27. The van der Waals surface area contributed by atoms with Gasteiger partial charge in [-0.2, -0.15) is 0 Å². The van der Waals surface area contributed by atoms with Crippen LogP contribution in [0.3, 0.4) is 0 Å². The zero-order valence-electron chi connectivity index (χ0n) is 8.15. The highest BCUT2D eigenvalue weighted by Crippen LogP contribution is 2.29. The molecule has 0 aromatic carbocycles. The molecule has 0 radical (unpaired) electrons. The zero-order valence-corrected chi connectivity index (χ0v) is 8.15. The van der Waals surface area contributed by atoms with Crippen molar-refractivity contribution in [3.63, 3.8) is 0 Å². The standard InChI is InChI=1S/C10H15N3O/c11-7-10(2-1-5-14-8-10)9-6-12-3-4-13-9/h3-4,6H,1-2,5,7-8,11H2. The second kappa shape index (κ2) is 4.02. The predicted octanol–water partition coefficient (Wildman–Crippen LogP) is 0.483. The van der Waals surface area contributed by atoms with E-state index in [1.54, 1.807) is 18.6 Å². The molecule has 0 spiro atoms. The number of nitrogens with two attached hydrogens (primary N) is 1. The molecule has 14 heavy (non-hydrogen) atoms. The van der Waals surface area contributed by atoms with Crippen LogP contribution in [0.15, 0.2) is 18.6 Å². The second-order valence-electron chi connectivity index (χ2n) is 3.73. The largest absolute Gasteiger partial charge is 0.380 e. The Kier molecular flexibility index (Phi) is 2.74. The van der Waals surface area contributed by atoms with Gasteiger partial charge in [-0.05, 0) is 12.8 Å². The lowest BCUT2D eigenvalue weighted by Gasteiger charge is -2.34. The second-order valence-corrected chi connectivity index (χ2v) is 3.73. The Labute approximate surface area is 83.5 Å². The molecule has 2 rings (SSSR count). The fraction of sp³-hybridized carbons (Fsp3) is 0.600. The molecule has 2 N–H and O–H groups in total. The summed E-state index contributed by atoms with van der Waals surface area (Å²) in [6.07, 6.45) is 7.27. The van der Waals surface area contributed by atoms with Crippen molar-refractivity contribution in [1.82, 2.24) is 9.97 Å². The summed E-state index contributed by atoms with van der Waals surface area (Å²) in [6, 6.07) is 0.